The summed E-state index contributed by atoms with van der Waals surface area (Å²) in [5.74, 6) is -6.34. The Morgan fingerprint density at radius 2 is 1.50 bits per heavy atom. The van der Waals surface area contributed by atoms with Crippen molar-refractivity contribution < 1.29 is 39.0 Å². The molecule has 0 aliphatic heterocycles. The molecule has 15 nitrogen and oxygen atoms in total. The summed E-state index contributed by atoms with van der Waals surface area (Å²) < 4.78 is 0. The summed E-state index contributed by atoms with van der Waals surface area (Å²) >= 11 is 0. The van der Waals surface area contributed by atoms with Crippen molar-refractivity contribution in [2.24, 2.45) is 17.2 Å². The number of hydrogen-bond acceptors (Lipinski definition) is 8. The van der Waals surface area contributed by atoms with E-state index in [4.69, 9.17) is 17.2 Å². The number of carbonyl (C=O) groups is 6. The predicted molar refractivity (Wildman–Crippen MR) is 133 cm³/mol. The van der Waals surface area contributed by atoms with E-state index in [0.29, 0.717) is 5.56 Å². The predicted octanol–water partition coefficient (Wildman–Crippen LogP) is -3.29. The molecule has 0 aliphatic carbocycles. The molecular weight excluding hydrogens is 502 g/mol. The largest absolute Gasteiger partial charge is 0.480 e. The number of H-pyrrole nitrogens is 1. The van der Waals surface area contributed by atoms with E-state index in [9.17, 15) is 39.0 Å². The molecule has 0 aliphatic rings. The Morgan fingerprint density at radius 1 is 0.895 bits per heavy atom. The summed E-state index contributed by atoms with van der Waals surface area (Å²) in [5, 5.41) is 27.0. The number of aromatic nitrogens is 1. The van der Waals surface area contributed by atoms with Crippen LogP contribution in [0.5, 0.6) is 0 Å². The number of para-hydroxylation sites is 1. The summed E-state index contributed by atoms with van der Waals surface area (Å²) in [6.07, 6.45) is -1.25. The van der Waals surface area contributed by atoms with E-state index in [2.05, 4.69) is 20.9 Å². The van der Waals surface area contributed by atoms with Crippen LogP contribution in [-0.2, 0) is 35.2 Å². The minimum absolute atomic E-state index is 0.119. The van der Waals surface area contributed by atoms with Crippen molar-refractivity contribution in [3.8, 4) is 0 Å². The Balaban J connectivity index is 2.17. The quantitative estimate of drug-likeness (QED) is 0.117. The fourth-order valence-electron chi connectivity index (χ4n) is 3.64. The third-order valence-corrected chi connectivity index (χ3v) is 5.57. The lowest BCUT2D eigenvalue weighted by Crippen LogP contribution is -2.60. The first-order valence-electron chi connectivity index (χ1n) is 11.5. The first-order chi connectivity index (χ1) is 17.8. The lowest BCUT2D eigenvalue weighted by Gasteiger charge is -2.26. The highest BCUT2D eigenvalue weighted by atomic mass is 16.4. The van der Waals surface area contributed by atoms with Crippen LogP contribution < -0.4 is 33.2 Å². The van der Waals surface area contributed by atoms with Gasteiger partial charge in [0.05, 0.1) is 25.0 Å². The van der Waals surface area contributed by atoms with Crippen molar-refractivity contribution in [2.45, 2.75) is 56.5 Å². The Labute approximate surface area is 216 Å². The molecule has 206 valence electrons. The second-order valence-electron chi connectivity index (χ2n) is 8.70. The number of amides is 5. The first kappa shape index (κ1) is 29.7. The van der Waals surface area contributed by atoms with Gasteiger partial charge in [0.2, 0.25) is 29.5 Å². The van der Waals surface area contributed by atoms with Crippen LogP contribution in [0, 0.1) is 0 Å². The Morgan fingerprint density at radius 3 is 2.08 bits per heavy atom. The molecule has 38 heavy (non-hydrogen) atoms. The lowest BCUT2D eigenvalue weighted by atomic mass is 10.0. The molecule has 0 saturated carbocycles. The third-order valence-electron chi connectivity index (χ3n) is 5.57. The first-order valence-corrected chi connectivity index (χ1v) is 11.5. The maximum Gasteiger partial charge on any atom is 0.326 e. The molecule has 1 heterocycles. The van der Waals surface area contributed by atoms with Crippen molar-refractivity contribution >= 4 is 46.4 Å². The number of aliphatic hydroxyl groups is 1. The Bertz CT molecular complexity index is 1210. The van der Waals surface area contributed by atoms with Gasteiger partial charge in [0, 0.05) is 23.5 Å². The van der Waals surface area contributed by atoms with Crippen LogP contribution in [0.2, 0.25) is 0 Å². The molecule has 1 aromatic carbocycles. The van der Waals surface area contributed by atoms with Gasteiger partial charge in [-0.05, 0) is 18.6 Å². The fraction of sp³-hybridized carbons (Fsp3) is 0.391. The molecule has 15 heteroatoms. The number of carboxylic acids is 1. The van der Waals surface area contributed by atoms with E-state index < -0.39 is 78.6 Å². The van der Waals surface area contributed by atoms with Gasteiger partial charge in [-0.25, -0.2) is 4.79 Å². The molecule has 5 amide bonds. The molecule has 0 saturated heterocycles. The zero-order chi connectivity index (χ0) is 28.6. The summed E-state index contributed by atoms with van der Waals surface area (Å²) in [6, 6.07) is 1.00. The minimum Gasteiger partial charge on any atom is -0.480 e. The number of aliphatic carboxylic acids is 1. The number of primary amides is 2. The monoisotopic (exact) mass is 533 g/mol. The molecule has 2 rings (SSSR count). The van der Waals surface area contributed by atoms with E-state index in [1.807, 2.05) is 0 Å². The molecule has 2 aromatic rings. The molecule has 0 fully saturated rings. The number of aliphatic hydroxyl groups excluding tert-OH is 1. The number of nitrogens with two attached hydrogens (primary N) is 3. The smallest absolute Gasteiger partial charge is 0.326 e. The number of benzene rings is 1. The standard InChI is InChI=1S/C23H31N7O8/c1-10(31)19(30-20(34)13(24)7-17(25)32)22(36)28-15(8-18(26)33)21(35)29-16(23(37)38)6-11-9-27-14-5-3-2-4-12(11)14/h2-5,9-10,13,15-16,19,27,31H,6-8,24H2,1H3,(H2,25,32)(H2,26,33)(H,28,36)(H,29,35)(H,30,34)(H,37,38). The maximum atomic E-state index is 12.9. The highest BCUT2D eigenvalue weighted by Gasteiger charge is 2.33. The van der Waals surface area contributed by atoms with E-state index in [1.165, 1.54) is 0 Å². The van der Waals surface area contributed by atoms with E-state index in [-0.39, 0.29) is 6.42 Å². The topological polar surface area (TPSA) is 273 Å². The van der Waals surface area contributed by atoms with Gasteiger partial charge < -0.3 is 48.3 Å². The van der Waals surface area contributed by atoms with Crippen molar-refractivity contribution in [3.63, 3.8) is 0 Å². The summed E-state index contributed by atoms with van der Waals surface area (Å²) in [7, 11) is 0. The number of carbonyl (C=O) groups excluding carboxylic acids is 5. The molecule has 12 N–H and O–H groups in total. The fourth-order valence-corrected chi connectivity index (χ4v) is 3.64. The SMILES string of the molecule is CC(O)C(NC(=O)C(N)CC(N)=O)C(=O)NC(CC(N)=O)C(=O)NC(Cc1c[nH]c2ccccc12)C(=O)O. The van der Waals surface area contributed by atoms with Gasteiger partial charge in [-0.1, -0.05) is 18.2 Å². The number of fused-ring (bicyclic) bond motifs is 1. The van der Waals surface area contributed by atoms with E-state index >= 15 is 0 Å². The lowest BCUT2D eigenvalue weighted by molar-refractivity contribution is -0.142. The van der Waals surface area contributed by atoms with Crippen LogP contribution in [0.25, 0.3) is 10.9 Å². The number of aromatic amines is 1. The highest BCUT2D eigenvalue weighted by molar-refractivity contribution is 5.97. The van der Waals surface area contributed by atoms with Crippen LogP contribution in [0.3, 0.4) is 0 Å². The Hall–Kier alpha value is -4.50. The molecule has 5 unspecified atom stereocenters. The van der Waals surface area contributed by atoms with Crippen LogP contribution in [0.4, 0.5) is 0 Å². The van der Waals surface area contributed by atoms with Crippen LogP contribution in [-0.4, -0.2) is 81.0 Å². The van der Waals surface area contributed by atoms with Gasteiger partial charge in [-0.3, -0.25) is 24.0 Å². The normalized spacial score (nSPS) is 14.9. The third kappa shape index (κ3) is 8.28. The van der Waals surface area contributed by atoms with Gasteiger partial charge in [0.25, 0.3) is 0 Å². The zero-order valence-corrected chi connectivity index (χ0v) is 20.5. The molecular formula is C23H31N7O8. The number of nitrogens with one attached hydrogen (secondary N) is 4. The minimum atomic E-state index is -1.65. The second-order valence-corrected chi connectivity index (χ2v) is 8.70. The second kappa shape index (κ2) is 13.2. The van der Waals surface area contributed by atoms with Gasteiger partial charge in [-0.2, -0.15) is 0 Å². The summed E-state index contributed by atoms with van der Waals surface area (Å²) in [5.41, 5.74) is 17.1. The number of hydrogen-bond donors (Lipinski definition) is 9. The van der Waals surface area contributed by atoms with Crippen molar-refractivity contribution in [2.75, 3.05) is 0 Å². The van der Waals surface area contributed by atoms with Crippen molar-refractivity contribution in [3.05, 3.63) is 36.0 Å². The van der Waals surface area contributed by atoms with E-state index in [0.717, 1.165) is 17.8 Å². The number of carboxylic acid groups (broad SMARTS) is 1. The van der Waals surface area contributed by atoms with Gasteiger partial charge in [0.15, 0.2) is 0 Å². The van der Waals surface area contributed by atoms with Gasteiger partial charge >= 0.3 is 5.97 Å². The average Bonchev–Trinajstić information content (AvgIpc) is 3.23. The van der Waals surface area contributed by atoms with E-state index in [1.54, 1.807) is 30.5 Å². The maximum absolute atomic E-state index is 12.9. The zero-order valence-electron chi connectivity index (χ0n) is 20.5. The highest BCUT2D eigenvalue weighted by Crippen LogP contribution is 2.19. The van der Waals surface area contributed by atoms with Crippen LogP contribution in [0.15, 0.2) is 30.5 Å². The average molecular weight is 534 g/mol. The molecule has 5 atom stereocenters. The van der Waals surface area contributed by atoms with Crippen molar-refractivity contribution in [1.82, 2.24) is 20.9 Å². The summed E-state index contributed by atoms with van der Waals surface area (Å²) in [6.45, 7) is 1.16. The van der Waals surface area contributed by atoms with Gasteiger partial charge in [-0.15, -0.1) is 0 Å². The molecule has 1 aromatic heterocycles. The molecule has 0 bridgehead atoms. The van der Waals surface area contributed by atoms with Crippen LogP contribution in [0.1, 0.15) is 25.3 Å². The number of rotatable bonds is 14. The molecule has 0 spiro atoms. The Kier molecular flexibility index (Phi) is 10.3. The summed E-state index contributed by atoms with van der Waals surface area (Å²) in [4.78, 5) is 75.4. The molecule has 0 radical (unpaired) electrons. The van der Waals surface area contributed by atoms with Crippen LogP contribution >= 0.6 is 0 Å². The van der Waals surface area contributed by atoms with Gasteiger partial charge in [0.1, 0.15) is 18.1 Å². The van der Waals surface area contributed by atoms with Crippen molar-refractivity contribution in [1.29, 1.82) is 0 Å².